The lowest BCUT2D eigenvalue weighted by Gasteiger charge is -2.12. The Morgan fingerprint density at radius 1 is 1.59 bits per heavy atom. The second-order valence-corrected chi connectivity index (χ2v) is 6.15. The van der Waals surface area contributed by atoms with Gasteiger partial charge in [-0.2, -0.15) is 0 Å². The molecule has 1 fully saturated rings. The Morgan fingerprint density at radius 3 is 2.94 bits per heavy atom. The smallest absolute Gasteiger partial charge is 0.306 e. The van der Waals surface area contributed by atoms with Crippen LogP contribution in [-0.2, 0) is 9.53 Å². The van der Waals surface area contributed by atoms with Gasteiger partial charge in [0, 0.05) is 5.75 Å². The molecule has 0 spiro atoms. The van der Waals surface area contributed by atoms with Crippen molar-refractivity contribution in [1.29, 1.82) is 0 Å². The number of halogens is 1. The van der Waals surface area contributed by atoms with Gasteiger partial charge < -0.3 is 4.74 Å². The first-order valence-electron chi connectivity index (χ1n) is 5.46. The van der Waals surface area contributed by atoms with Crippen LogP contribution in [0.2, 0.25) is 0 Å². The Labute approximate surface area is 113 Å². The highest BCUT2D eigenvalue weighted by atomic mass is 79.9. The fourth-order valence-corrected chi connectivity index (χ4v) is 3.27. The molecule has 1 aliphatic carbocycles. The molecule has 0 unspecified atom stereocenters. The van der Waals surface area contributed by atoms with Gasteiger partial charge in [0.15, 0.2) is 0 Å². The van der Waals surface area contributed by atoms with Gasteiger partial charge in [-0.3, -0.25) is 4.79 Å². The molecule has 0 amide bonds. The number of esters is 1. The van der Waals surface area contributed by atoms with Crippen molar-refractivity contribution in [1.82, 2.24) is 4.98 Å². The first kappa shape index (κ1) is 12.9. The van der Waals surface area contributed by atoms with E-state index < -0.39 is 0 Å². The number of carbonyl (C=O) groups is 1. The lowest BCUT2D eigenvalue weighted by Crippen LogP contribution is -2.13. The zero-order valence-corrected chi connectivity index (χ0v) is 12.0. The SMILES string of the molecule is COC(=O)CC1(CSc2cccc(Br)n2)CC1. The molecule has 1 aliphatic rings. The van der Waals surface area contributed by atoms with Crippen molar-refractivity contribution in [3.63, 3.8) is 0 Å². The highest BCUT2D eigenvalue weighted by molar-refractivity contribution is 9.10. The lowest BCUT2D eigenvalue weighted by molar-refractivity contribution is -0.141. The summed E-state index contributed by atoms with van der Waals surface area (Å²) in [6, 6.07) is 5.87. The maximum atomic E-state index is 11.3. The topological polar surface area (TPSA) is 39.2 Å². The van der Waals surface area contributed by atoms with Gasteiger partial charge in [-0.05, 0) is 46.3 Å². The van der Waals surface area contributed by atoms with Crippen LogP contribution in [0, 0.1) is 5.41 Å². The van der Waals surface area contributed by atoms with Gasteiger partial charge in [0.2, 0.25) is 0 Å². The Morgan fingerprint density at radius 2 is 2.35 bits per heavy atom. The molecule has 0 atom stereocenters. The second kappa shape index (κ2) is 5.40. The highest BCUT2D eigenvalue weighted by Crippen LogP contribution is 2.52. The summed E-state index contributed by atoms with van der Waals surface area (Å²) in [7, 11) is 1.45. The van der Waals surface area contributed by atoms with E-state index in [0.717, 1.165) is 28.2 Å². The monoisotopic (exact) mass is 315 g/mol. The zero-order chi connectivity index (χ0) is 12.3. The fraction of sp³-hybridized carbons (Fsp3) is 0.500. The number of methoxy groups -OCH3 is 1. The van der Waals surface area contributed by atoms with Gasteiger partial charge in [-0.1, -0.05) is 6.07 Å². The number of rotatable bonds is 5. The predicted octanol–water partition coefficient (Wildman–Crippen LogP) is 3.28. The van der Waals surface area contributed by atoms with Crippen molar-refractivity contribution >= 4 is 33.7 Å². The summed E-state index contributed by atoms with van der Waals surface area (Å²) in [5.41, 5.74) is 0.155. The third kappa shape index (κ3) is 3.71. The molecule has 92 valence electrons. The Bertz CT molecular complexity index is 421. The van der Waals surface area contributed by atoms with Crippen molar-refractivity contribution in [2.45, 2.75) is 24.3 Å². The Balaban J connectivity index is 1.88. The van der Waals surface area contributed by atoms with Crippen LogP contribution < -0.4 is 0 Å². The van der Waals surface area contributed by atoms with E-state index in [9.17, 15) is 4.79 Å². The predicted molar refractivity (Wildman–Crippen MR) is 71.0 cm³/mol. The minimum atomic E-state index is -0.106. The number of pyridine rings is 1. The maximum Gasteiger partial charge on any atom is 0.306 e. The van der Waals surface area contributed by atoms with Crippen LogP contribution in [-0.4, -0.2) is 23.8 Å². The van der Waals surface area contributed by atoms with E-state index in [1.54, 1.807) is 11.8 Å². The van der Waals surface area contributed by atoms with Crippen LogP contribution >= 0.6 is 27.7 Å². The van der Waals surface area contributed by atoms with Crippen molar-refractivity contribution < 1.29 is 9.53 Å². The molecule has 0 aliphatic heterocycles. The quantitative estimate of drug-likeness (QED) is 0.475. The number of carbonyl (C=O) groups excluding carboxylic acids is 1. The molecule has 5 heteroatoms. The summed E-state index contributed by atoms with van der Waals surface area (Å²) in [6.45, 7) is 0. The summed E-state index contributed by atoms with van der Waals surface area (Å²) in [4.78, 5) is 15.6. The summed E-state index contributed by atoms with van der Waals surface area (Å²) in [5, 5.41) is 0.996. The van der Waals surface area contributed by atoms with E-state index in [-0.39, 0.29) is 11.4 Å². The normalized spacial score (nSPS) is 16.6. The minimum absolute atomic E-state index is 0.106. The van der Waals surface area contributed by atoms with Crippen LogP contribution in [0.15, 0.2) is 27.8 Å². The van der Waals surface area contributed by atoms with E-state index >= 15 is 0 Å². The van der Waals surface area contributed by atoms with E-state index in [1.165, 1.54) is 7.11 Å². The third-order valence-corrected chi connectivity index (χ3v) is 4.64. The van der Waals surface area contributed by atoms with Crippen molar-refractivity contribution in [2.75, 3.05) is 12.9 Å². The van der Waals surface area contributed by atoms with Crippen molar-refractivity contribution in [2.24, 2.45) is 5.41 Å². The van der Waals surface area contributed by atoms with E-state index in [4.69, 9.17) is 4.74 Å². The molecular formula is C12H14BrNO2S. The molecule has 0 N–H and O–H groups in total. The maximum absolute atomic E-state index is 11.3. The second-order valence-electron chi connectivity index (χ2n) is 4.34. The number of hydrogen-bond acceptors (Lipinski definition) is 4. The standard InChI is InChI=1S/C12H14BrNO2S/c1-16-11(15)7-12(5-6-12)8-17-10-4-2-3-9(13)14-10/h2-4H,5-8H2,1H3. The Hall–Kier alpha value is -0.550. The Kier molecular flexibility index (Phi) is 4.09. The molecule has 1 heterocycles. The first-order valence-corrected chi connectivity index (χ1v) is 7.24. The molecule has 3 nitrogen and oxygen atoms in total. The van der Waals surface area contributed by atoms with Gasteiger partial charge in [0.1, 0.15) is 4.60 Å². The molecular weight excluding hydrogens is 302 g/mol. The van der Waals surface area contributed by atoms with Crippen molar-refractivity contribution in [3.05, 3.63) is 22.8 Å². The molecule has 1 aromatic heterocycles. The van der Waals surface area contributed by atoms with E-state index in [0.29, 0.717) is 6.42 Å². The lowest BCUT2D eigenvalue weighted by atomic mass is 10.1. The van der Waals surface area contributed by atoms with Crippen LogP contribution in [0.25, 0.3) is 0 Å². The highest BCUT2D eigenvalue weighted by Gasteiger charge is 2.44. The first-order chi connectivity index (χ1) is 8.13. The number of ether oxygens (including phenoxy) is 1. The molecule has 0 bridgehead atoms. The molecule has 0 saturated heterocycles. The average Bonchev–Trinajstić information content (AvgIpc) is 3.07. The van der Waals surface area contributed by atoms with E-state index in [2.05, 4.69) is 20.9 Å². The summed E-state index contributed by atoms with van der Waals surface area (Å²) < 4.78 is 5.57. The number of thioether (sulfide) groups is 1. The molecule has 2 rings (SSSR count). The van der Waals surface area contributed by atoms with Crippen molar-refractivity contribution in [3.8, 4) is 0 Å². The molecule has 17 heavy (non-hydrogen) atoms. The van der Waals surface area contributed by atoms with Crippen LogP contribution in [0.3, 0.4) is 0 Å². The summed E-state index contributed by atoms with van der Waals surface area (Å²) >= 11 is 5.06. The van der Waals surface area contributed by atoms with Crippen LogP contribution in [0.4, 0.5) is 0 Å². The molecule has 0 aromatic carbocycles. The summed E-state index contributed by atoms with van der Waals surface area (Å²) in [6.07, 6.45) is 2.76. The summed E-state index contributed by atoms with van der Waals surface area (Å²) in [5.74, 6) is 0.830. The molecule has 0 radical (unpaired) electrons. The van der Waals surface area contributed by atoms with Gasteiger partial charge in [-0.25, -0.2) is 4.98 Å². The van der Waals surface area contributed by atoms with Gasteiger partial charge in [0.25, 0.3) is 0 Å². The average molecular weight is 316 g/mol. The number of aromatic nitrogens is 1. The third-order valence-electron chi connectivity index (χ3n) is 2.92. The van der Waals surface area contributed by atoms with E-state index in [1.807, 2.05) is 18.2 Å². The van der Waals surface area contributed by atoms with Crippen LogP contribution in [0.5, 0.6) is 0 Å². The number of hydrogen-bond donors (Lipinski definition) is 0. The minimum Gasteiger partial charge on any atom is -0.469 e. The van der Waals surface area contributed by atoms with Gasteiger partial charge in [0.05, 0.1) is 18.6 Å². The van der Waals surface area contributed by atoms with Gasteiger partial charge in [-0.15, -0.1) is 11.8 Å². The van der Waals surface area contributed by atoms with Gasteiger partial charge >= 0.3 is 5.97 Å². The zero-order valence-electron chi connectivity index (χ0n) is 9.61. The number of nitrogens with zero attached hydrogens (tertiary/aromatic N) is 1. The molecule has 1 saturated carbocycles. The van der Waals surface area contributed by atoms with Crippen LogP contribution in [0.1, 0.15) is 19.3 Å². The largest absolute Gasteiger partial charge is 0.469 e. The fourth-order valence-electron chi connectivity index (χ4n) is 1.62. The molecule has 1 aromatic rings.